The number of benzene rings is 1. The predicted molar refractivity (Wildman–Crippen MR) is 66.5 cm³/mol. The lowest BCUT2D eigenvalue weighted by Crippen LogP contribution is -2.35. The average molecular weight is 269 g/mol. The first kappa shape index (κ1) is 14.9. The van der Waals surface area contributed by atoms with Crippen LogP contribution in [0.2, 0.25) is 0 Å². The Labute approximate surface area is 110 Å². The van der Waals surface area contributed by atoms with E-state index in [1.807, 2.05) is 0 Å². The van der Waals surface area contributed by atoms with Gasteiger partial charge in [0.05, 0.1) is 12.7 Å². The first-order valence-electron chi connectivity index (χ1n) is 5.81. The smallest absolute Gasteiger partial charge is 0.339 e. The topological polar surface area (TPSA) is 64.6 Å². The normalized spacial score (nSPS) is 11.6. The molecule has 0 aromatic heterocycles. The lowest BCUT2D eigenvalue weighted by Gasteiger charge is -2.12. The van der Waals surface area contributed by atoms with Crippen molar-refractivity contribution in [1.29, 1.82) is 0 Å². The molecule has 0 fully saturated rings. The van der Waals surface area contributed by atoms with Gasteiger partial charge in [0.2, 0.25) is 0 Å². The number of methoxy groups -OCH3 is 1. The van der Waals surface area contributed by atoms with Crippen LogP contribution in [0.4, 0.5) is 4.39 Å². The van der Waals surface area contributed by atoms with Gasteiger partial charge in [-0.2, -0.15) is 0 Å². The maximum atomic E-state index is 13.4. The van der Waals surface area contributed by atoms with E-state index in [0.717, 1.165) is 6.07 Å². The van der Waals surface area contributed by atoms with Crippen LogP contribution >= 0.6 is 0 Å². The molecule has 0 saturated carbocycles. The van der Waals surface area contributed by atoms with E-state index >= 15 is 0 Å². The van der Waals surface area contributed by atoms with Crippen molar-refractivity contribution in [1.82, 2.24) is 5.32 Å². The van der Waals surface area contributed by atoms with E-state index < -0.39 is 23.8 Å². The molecule has 1 amide bonds. The van der Waals surface area contributed by atoms with E-state index in [0.29, 0.717) is 6.54 Å². The van der Waals surface area contributed by atoms with Crippen LogP contribution in [0.25, 0.3) is 0 Å². The molecule has 0 saturated heterocycles. The van der Waals surface area contributed by atoms with Crippen molar-refractivity contribution in [2.75, 3.05) is 13.7 Å². The minimum atomic E-state index is -0.933. The van der Waals surface area contributed by atoms with Gasteiger partial charge in [0, 0.05) is 6.54 Å². The first-order chi connectivity index (χ1) is 8.99. The molecule has 19 heavy (non-hydrogen) atoms. The summed E-state index contributed by atoms with van der Waals surface area (Å²) in [6.07, 6.45) is -0.933. The molecule has 6 heteroatoms. The van der Waals surface area contributed by atoms with Gasteiger partial charge in [-0.05, 0) is 32.0 Å². The maximum absolute atomic E-state index is 13.4. The van der Waals surface area contributed by atoms with E-state index in [2.05, 4.69) is 5.32 Å². The fourth-order valence-corrected chi connectivity index (χ4v) is 1.39. The summed E-state index contributed by atoms with van der Waals surface area (Å²) >= 11 is 0. The van der Waals surface area contributed by atoms with Crippen molar-refractivity contribution < 1.29 is 23.5 Å². The molecule has 0 radical (unpaired) electrons. The fraction of sp³-hybridized carbons (Fsp3) is 0.385. The van der Waals surface area contributed by atoms with Crippen LogP contribution in [-0.2, 0) is 9.53 Å². The number of likely N-dealkylation sites (N-methyl/N-ethyl adjacent to an activating group) is 1. The lowest BCUT2D eigenvalue weighted by atomic mass is 10.2. The number of carbonyl (C=O) groups is 2. The third-order valence-corrected chi connectivity index (χ3v) is 2.39. The number of amides is 1. The number of rotatable bonds is 5. The SMILES string of the molecule is CCNC(=O)[C@H](C)OC(=O)c1ccc(OC)c(F)c1. The Kier molecular flexibility index (Phi) is 5.29. The Morgan fingerprint density at radius 2 is 2.11 bits per heavy atom. The van der Waals surface area contributed by atoms with Crippen molar-refractivity contribution in [2.45, 2.75) is 20.0 Å². The molecule has 0 spiro atoms. The second-order valence-electron chi connectivity index (χ2n) is 3.79. The fourth-order valence-electron chi connectivity index (χ4n) is 1.39. The highest BCUT2D eigenvalue weighted by Gasteiger charge is 2.19. The molecule has 1 N–H and O–H groups in total. The molecule has 0 aliphatic heterocycles. The van der Waals surface area contributed by atoms with E-state index in [4.69, 9.17) is 9.47 Å². The molecule has 0 aliphatic rings. The summed E-state index contributed by atoms with van der Waals surface area (Å²) in [7, 11) is 1.33. The zero-order chi connectivity index (χ0) is 14.4. The minimum absolute atomic E-state index is 0.0226. The Balaban J connectivity index is 2.73. The van der Waals surface area contributed by atoms with Crippen molar-refractivity contribution in [3.8, 4) is 5.75 Å². The van der Waals surface area contributed by atoms with Crippen LogP contribution < -0.4 is 10.1 Å². The highest BCUT2D eigenvalue weighted by atomic mass is 19.1. The molecular formula is C13H16FNO4. The summed E-state index contributed by atoms with van der Waals surface area (Å²) in [5.74, 6) is -1.79. The van der Waals surface area contributed by atoms with Gasteiger partial charge in [-0.15, -0.1) is 0 Å². The van der Waals surface area contributed by atoms with Crippen LogP contribution in [0.1, 0.15) is 24.2 Å². The van der Waals surface area contributed by atoms with Crippen molar-refractivity contribution >= 4 is 11.9 Å². The Hall–Kier alpha value is -2.11. The molecule has 5 nitrogen and oxygen atoms in total. The summed E-state index contributed by atoms with van der Waals surface area (Å²) in [6.45, 7) is 3.64. The Morgan fingerprint density at radius 1 is 1.42 bits per heavy atom. The quantitative estimate of drug-likeness (QED) is 0.823. The highest BCUT2D eigenvalue weighted by Crippen LogP contribution is 2.18. The van der Waals surface area contributed by atoms with Gasteiger partial charge in [0.1, 0.15) is 0 Å². The van der Waals surface area contributed by atoms with Gasteiger partial charge in [-0.25, -0.2) is 9.18 Å². The van der Waals surface area contributed by atoms with E-state index in [-0.39, 0.29) is 11.3 Å². The van der Waals surface area contributed by atoms with Gasteiger partial charge < -0.3 is 14.8 Å². The van der Waals surface area contributed by atoms with Crippen LogP contribution in [0.3, 0.4) is 0 Å². The van der Waals surface area contributed by atoms with Crippen molar-refractivity contribution in [3.05, 3.63) is 29.6 Å². The number of ether oxygens (including phenoxy) is 2. The summed E-state index contributed by atoms with van der Waals surface area (Å²) < 4.78 is 23.1. The van der Waals surface area contributed by atoms with Crippen LogP contribution in [-0.4, -0.2) is 31.6 Å². The van der Waals surface area contributed by atoms with Crippen LogP contribution in [0, 0.1) is 5.82 Å². The minimum Gasteiger partial charge on any atom is -0.494 e. The summed E-state index contributed by atoms with van der Waals surface area (Å²) in [6, 6.07) is 3.70. The molecule has 1 atom stereocenters. The van der Waals surface area contributed by atoms with Gasteiger partial charge in [-0.3, -0.25) is 4.79 Å². The molecule has 1 rings (SSSR count). The Morgan fingerprint density at radius 3 is 2.63 bits per heavy atom. The van der Waals surface area contributed by atoms with Crippen LogP contribution in [0.15, 0.2) is 18.2 Å². The van der Waals surface area contributed by atoms with Crippen molar-refractivity contribution in [2.24, 2.45) is 0 Å². The molecule has 1 aromatic rings. The number of halogens is 1. The van der Waals surface area contributed by atoms with Gasteiger partial charge in [0.15, 0.2) is 17.7 Å². The largest absolute Gasteiger partial charge is 0.494 e. The predicted octanol–water partition coefficient (Wildman–Crippen LogP) is 1.52. The van der Waals surface area contributed by atoms with Gasteiger partial charge in [0.25, 0.3) is 5.91 Å². The molecule has 0 heterocycles. The molecule has 0 bridgehead atoms. The van der Waals surface area contributed by atoms with Gasteiger partial charge in [-0.1, -0.05) is 0 Å². The van der Waals surface area contributed by atoms with E-state index in [1.165, 1.54) is 26.2 Å². The monoisotopic (exact) mass is 269 g/mol. The third kappa shape index (κ3) is 3.94. The summed E-state index contributed by atoms with van der Waals surface area (Å²) in [4.78, 5) is 23.1. The molecular weight excluding hydrogens is 253 g/mol. The zero-order valence-corrected chi connectivity index (χ0v) is 11.0. The van der Waals surface area contributed by atoms with Crippen molar-refractivity contribution in [3.63, 3.8) is 0 Å². The molecule has 0 unspecified atom stereocenters. The second kappa shape index (κ2) is 6.72. The first-order valence-corrected chi connectivity index (χ1v) is 5.81. The van der Waals surface area contributed by atoms with E-state index in [1.54, 1.807) is 6.92 Å². The molecule has 1 aromatic carbocycles. The zero-order valence-electron chi connectivity index (χ0n) is 11.0. The highest BCUT2D eigenvalue weighted by molar-refractivity contribution is 5.92. The standard InChI is InChI=1S/C13H16FNO4/c1-4-15-12(16)8(2)19-13(17)9-5-6-11(18-3)10(14)7-9/h5-8H,4H2,1-3H3,(H,15,16)/t8-/m0/s1. The number of hydrogen-bond donors (Lipinski definition) is 1. The average Bonchev–Trinajstić information content (AvgIpc) is 2.38. The summed E-state index contributed by atoms with van der Waals surface area (Å²) in [5.41, 5.74) is 0.0226. The summed E-state index contributed by atoms with van der Waals surface area (Å²) in [5, 5.41) is 2.52. The van der Waals surface area contributed by atoms with E-state index in [9.17, 15) is 14.0 Å². The number of carbonyl (C=O) groups excluding carboxylic acids is 2. The Bertz CT molecular complexity index is 476. The molecule has 104 valence electrons. The molecule has 0 aliphatic carbocycles. The third-order valence-electron chi connectivity index (χ3n) is 2.39. The maximum Gasteiger partial charge on any atom is 0.339 e. The second-order valence-corrected chi connectivity index (χ2v) is 3.79. The number of hydrogen-bond acceptors (Lipinski definition) is 4. The van der Waals surface area contributed by atoms with Crippen LogP contribution in [0.5, 0.6) is 5.75 Å². The lowest BCUT2D eigenvalue weighted by molar-refractivity contribution is -0.128. The number of nitrogens with one attached hydrogen (secondary N) is 1. The number of esters is 1. The van der Waals surface area contributed by atoms with Gasteiger partial charge >= 0.3 is 5.97 Å².